The third-order valence-corrected chi connectivity index (χ3v) is 4.22. The highest BCUT2D eigenvalue weighted by molar-refractivity contribution is 14.0. The minimum Gasteiger partial charge on any atom is -0.379 e. The van der Waals surface area contributed by atoms with Gasteiger partial charge in [0.25, 0.3) is 0 Å². The largest absolute Gasteiger partial charge is 0.379 e. The zero-order valence-corrected chi connectivity index (χ0v) is 19.3. The molecule has 0 aliphatic carbocycles. The van der Waals surface area contributed by atoms with Crippen LogP contribution in [0.2, 0.25) is 0 Å². The number of ether oxygens (including phenoxy) is 2. The Bertz CT molecular complexity index is 489. The number of rotatable bonds is 11. The van der Waals surface area contributed by atoms with E-state index in [-0.39, 0.29) is 30.0 Å². The first kappa shape index (κ1) is 24.6. The number of halogens is 2. The van der Waals surface area contributed by atoms with Crippen molar-refractivity contribution >= 4 is 45.9 Å². The van der Waals surface area contributed by atoms with Crippen LogP contribution in [-0.4, -0.2) is 46.0 Å². The molecule has 0 aliphatic heterocycles. The minimum absolute atomic E-state index is 0. The molecule has 1 rings (SSSR count). The number of hydrogen-bond acceptors (Lipinski definition) is 3. The fraction of sp³-hybridized carbons (Fsp3) is 0.611. The predicted octanol–water partition coefficient (Wildman–Crippen LogP) is 4.13. The summed E-state index contributed by atoms with van der Waals surface area (Å²) in [6.07, 6.45) is 2.27. The molecule has 0 saturated carbocycles. The lowest BCUT2D eigenvalue weighted by Gasteiger charge is -2.19. The molecule has 5 nitrogen and oxygen atoms in total. The van der Waals surface area contributed by atoms with E-state index in [4.69, 9.17) is 9.47 Å². The van der Waals surface area contributed by atoms with E-state index >= 15 is 0 Å². The van der Waals surface area contributed by atoms with Gasteiger partial charge in [0.1, 0.15) is 0 Å². The van der Waals surface area contributed by atoms with Gasteiger partial charge in [0.2, 0.25) is 0 Å². The van der Waals surface area contributed by atoms with Crippen LogP contribution in [0.25, 0.3) is 0 Å². The van der Waals surface area contributed by atoms with Gasteiger partial charge in [-0.2, -0.15) is 0 Å². The van der Waals surface area contributed by atoms with Crippen LogP contribution in [0, 0.1) is 0 Å². The highest BCUT2D eigenvalue weighted by atomic mass is 127. The van der Waals surface area contributed by atoms with Gasteiger partial charge in [0.15, 0.2) is 5.96 Å². The van der Waals surface area contributed by atoms with Crippen molar-refractivity contribution in [1.29, 1.82) is 0 Å². The molecule has 0 aliphatic rings. The van der Waals surface area contributed by atoms with Gasteiger partial charge in [-0.15, -0.1) is 24.0 Å². The number of nitrogens with zero attached hydrogens (tertiary/aromatic N) is 1. The van der Waals surface area contributed by atoms with E-state index < -0.39 is 0 Å². The van der Waals surface area contributed by atoms with Crippen LogP contribution in [0.5, 0.6) is 0 Å². The van der Waals surface area contributed by atoms with E-state index in [0.717, 1.165) is 29.9 Å². The fourth-order valence-corrected chi connectivity index (χ4v) is 2.74. The maximum absolute atomic E-state index is 5.54. The Hall–Kier alpha value is -0.380. The maximum Gasteiger partial charge on any atom is 0.191 e. The van der Waals surface area contributed by atoms with Crippen molar-refractivity contribution in [1.82, 2.24) is 10.6 Å². The average Bonchev–Trinajstić information content (AvgIpc) is 2.59. The Morgan fingerprint density at radius 1 is 1.16 bits per heavy atom. The van der Waals surface area contributed by atoms with Crippen LogP contribution in [0.3, 0.4) is 0 Å². The summed E-state index contributed by atoms with van der Waals surface area (Å²) in [6.45, 7) is 7.71. The number of unbranched alkanes of at least 4 members (excludes halogenated alkanes) is 1. The molecule has 0 heterocycles. The standard InChI is InChI=1S/C18H30BrN3O2.HI/c1-4-5-11-23-13-14-24-12-10-21-18(20-3)22-15(2)16-8-6-7-9-17(16)19;/h6-9,15H,4-5,10-14H2,1-3H3,(H2,20,21,22);1H. The Kier molecular flexibility index (Phi) is 15.6. The zero-order valence-electron chi connectivity index (χ0n) is 15.4. The molecule has 0 amide bonds. The predicted molar refractivity (Wildman–Crippen MR) is 119 cm³/mol. The first-order valence-electron chi connectivity index (χ1n) is 8.56. The molecule has 0 radical (unpaired) electrons. The lowest BCUT2D eigenvalue weighted by molar-refractivity contribution is 0.0487. The van der Waals surface area contributed by atoms with Crippen LogP contribution in [-0.2, 0) is 9.47 Å². The molecule has 1 aromatic carbocycles. The topological polar surface area (TPSA) is 54.9 Å². The second-order valence-electron chi connectivity index (χ2n) is 5.46. The van der Waals surface area contributed by atoms with Crippen molar-refractivity contribution < 1.29 is 9.47 Å². The van der Waals surface area contributed by atoms with Crippen LogP contribution in [0.15, 0.2) is 33.7 Å². The molecule has 0 aromatic heterocycles. The van der Waals surface area contributed by atoms with E-state index in [2.05, 4.69) is 51.5 Å². The van der Waals surface area contributed by atoms with E-state index in [0.29, 0.717) is 26.4 Å². The second kappa shape index (κ2) is 15.8. The summed E-state index contributed by atoms with van der Waals surface area (Å²) in [4.78, 5) is 4.25. The van der Waals surface area contributed by atoms with Gasteiger partial charge in [0.05, 0.1) is 25.9 Å². The quantitative estimate of drug-likeness (QED) is 0.197. The van der Waals surface area contributed by atoms with Gasteiger partial charge < -0.3 is 20.1 Å². The summed E-state index contributed by atoms with van der Waals surface area (Å²) < 4.78 is 12.1. The van der Waals surface area contributed by atoms with Crippen molar-refractivity contribution in [3.63, 3.8) is 0 Å². The molecule has 25 heavy (non-hydrogen) atoms. The molecule has 144 valence electrons. The van der Waals surface area contributed by atoms with Crippen LogP contribution in [0.1, 0.15) is 38.3 Å². The Balaban J connectivity index is 0.00000576. The van der Waals surface area contributed by atoms with Gasteiger partial charge in [0, 0.05) is 24.7 Å². The van der Waals surface area contributed by atoms with Gasteiger partial charge >= 0.3 is 0 Å². The van der Waals surface area contributed by atoms with Gasteiger partial charge in [-0.05, 0) is 25.0 Å². The molecular formula is C18H31BrIN3O2. The molecule has 1 aromatic rings. The summed E-state index contributed by atoms with van der Waals surface area (Å²) in [5, 5.41) is 6.64. The van der Waals surface area contributed by atoms with Crippen molar-refractivity contribution in [2.75, 3.05) is 40.0 Å². The van der Waals surface area contributed by atoms with Crippen LogP contribution >= 0.6 is 39.9 Å². The number of benzene rings is 1. The fourth-order valence-electron chi connectivity index (χ4n) is 2.11. The lowest BCUT2D eigenvalue weighted by atomic mass is 10.1. The Labute approximate surface area is 177 Å². The van der Waals surface area contributed by atoms with Gasteiger partial charge in [-0.3, -0.25) is 4.99 Å². The van der Waals surface area contributed by atoms with E-state index in [1.165, 1.54) is 5.56 Å². The Morgan fingerprint density at radius 3 is 2.48 bits per heavy atom. The first-order valence-corrected chi connectivity index (χ1v) is 9.35. The van der Waals surface area contributed by atoms with Gasteiger partial charge in [-0.1, -0.05) is 47.5 Å². The number of aliphatic imine (C=N–C) groups is 1. The van der Waals surface area contributed by atoms with Gasteiger partial charge in [-0.25, -0.2) is 0 Å². The third kappa shape index (κ3) is 11.0. The molecule has 1 unspecified atom stereocenters. The van der Waals surface area contributed by atoms with Crippen LogP contribution < -0.4 is 10.6 Å². The summed E-state index contributed by atoms with van der Waals surface area (Å²) in [6, 6.07) is 8.33. The normalized spacial score (nSPS) is 12.4. The highest BCUT2D eigenvalue weighted by Gasteiger charge is 2.10. The SMILES string of the molecule is CCCCOCCOCCNC(=NC)NC(C)c1ccccc1Br.I. The lowest BCUT2D eigenvalue weighted by Crippen LogP contribution is -2.40. The molecule has 0 spiro atoms. The molecule has 2 N–H and O–H groups in total. The van der Waals surface area contributed by atoms with E-state index in [9.17, 15) is 0 Å². The Morgan fingerprint density at radius 2 is 1.84 bits per heavy atom. The average molecular weight is 528 g/mol. The maximum atomic E-state index is 5.54. The van der Waals surface area contributed by atoms with Crippen molar-refractivity contribution in [2.45, 2.75) is 32.7 Å². The van der Waals surface area contributed by atoms with Crippen molar-refractivity contribution in [3.8, 4) is 0 Å². The summed E-state index contributed by atoms with van der Waals surface area (Å²) in [7, 11) is 1.77. The zero-order chi connectivity index (χ0) is 17.6. The second-order valence-corrected chi connectivity index (χ2v) is 6.32. The third-order valence-electron chi connectivity index (χ3n) is 3.50. The summed E-state index contributed by atoms with van der Waals surface area (Å²) >= 11 is 3.58. The minimum atomic E-state index is 0. The molecule has 1 atom stereocenters. The monoisotopic (exact) mass is 527 g/mol. The van der Waals surface area contributed by atoms with E-state index in [1.54, 1.807) is 7.05 Å². The van der Waals surface area contributed by atoms with Crippen molar-refractivity contribution in [2.24, 2.45) is 4.99 Å². The summed E-state index contributed by atoms with van der Waals surface area (Å²) in [5.74, 6) is 0.765. The number of nitrogens with one attached hydrogen (secondary N) is 2. The molecule has 7 heteroatoms. The first-order chi connectivity index (χ1) is 11.7. The molecule has 0 saturated heterocycles. The number of guanidine groups is 1. The summed E-state index contributed by atoms with van der Waals surface area (Å²) in [5.41, 5.74) is 1.20. The molecular weight excluding hydrogens is 497 g/mol. The molecule has 0 fully saturated rings. The van der Waals surface area contributed by atoms with Crippen LogP contribution in [0.4, 0.5) is 0 Å². The van der Waals surface area contributed by atoms with E-state index in [1.807, 2.05) is 18.2 Å². The highest BCUT2D eigenvalue weighted by Crippen LogP contribution is 2.22. The smallest absolute Gasteiger partial charge is 0.191 e. The number of hydrogen-bond donors (Lipinski definition) is 2. The van der Waals surface area contributed by atoms with Crippen molar-refractivity contribution in [3.05, 3.63) is 34.3 Å². The molecule has 0 bridgehead atoms.